The largest absolute Gasteiger partial charge is 0.495 e. The number of carbonyl (C=O) groups excluding carboxylic acids is 1. The maximum absolute atomic E-state index is 12.1. The van der Waals surface area contributed by atoms with Gasteiger partial charge in [0.15, 0.2) is 0 Å². The van der Waals surface area contributed by atoms with E-state index in [0.29, 0.717) is 22.4 Å². The normalized spacial score (nSPS) is 10.8. The Kier molecular flexibility index (Phi) is 4.47. The van der Waals surface area contributed by atoms with E-state index in [0.717, 1.165) is 5.56 Å². The predicted octanol–water partition coefficient (Wildman–Crippen LogP) is 3.42. The predicted molar refractivity (Wildman–Crippen MR) is 79.1 cm³/mol. The van der Waals surface area contributed by atoms with Crippen molar-refractivity contribution in [1.82, 2.24) is 10.2 Å². The number of anilines is 1. The van der Waals surface area contributed by atoms with E-state index in [9.17, 15) is 4.79 Å². The van der Waals surface area contributed by atoms with Crippen LogP contribution in [0, 0.1) is 6.92 Å². The molecule has 112 valence electrons. The van der Waals surface area contributed by atoms with Gasteiger partial charge in [-0.3, -0.25) is 4.79 Å². The number of hydrogen-bond acceptors (Lipinski definition) is 5. The third-order valence-electron chi connectivity index (χ3n) is 2.86. The number of ether oxygens (including phenoxy) is 1. The second-order valence-corrected chi connectivity index (χ2v) is 5.26. The van der Waals surface area contributed by atoms with Crippen LogP contribution >= 0.6 is 11.6 Å². The quantitative estimate of drug-likeness (QED) is 0.936. The van der Waals surface area contributed by atoms with E-state index in [1.807, 2.05) is 20.8 Å². The Morgan fingerprint density at radius 3 is 2.67 bits per heavy atom. The van der Waals surface area contributed by atoms with E-state index >= 15 is 0 Å². The molecule has 1 amide bonds. The van der Waals surface area contributed by atoms with Crippen LogP contribution in [0.1, 0.15) is 41.9 Å². The summed E-state index contributed by atoms with van der Waals surface area (Å²) in [7, 11) is 1.50. The van der Waals surface area contributed by atoms with Gasteiger partial charge in [0.1, 0.15) is 5.75 Å². The molecular weight excluding hydrogens is 294 g/mol. The van der Waals surface area contributed by atoms with Crippen molar-refractivity contribution in [1.29, 1.82) is 0 Å². The smallest absolute Gasteiger partial charge is 0.313 e. The van der Waals surface area contributed by atoms with Gasteiger partial charge in [-0.05, 0) is 18.6 Å². The minimum Gasteiger partial charge on any atom is -0.495 e. The van der Waals surface area contributed by atoms with Crippen LogP contribution in [0.2, 0.25) is 5.02 Å². The highest BCUT2D eigenvalue weighted by atomic mass is 35.5. The van der Waals surface area contributed by atoms with Crippen molar-refractivity contribution in [3.63, 3.8) is 0 Å². The SMILES string of the molecule is COc1cc(Cl)c(C)cc1NC(=O)c1nnc(C(C)C)o1. The molecule has 0 atom stereocenters. The Hall–Kier alpha value is -2.08. The third kappa shape index (κ3) is 3.33. The first-order valence-electron chi connectivity index (χ1n) is 6.41. The lowest BCUT2D eigenvalue weighted by atomic mass is 10.2. The van der Waals surface area contributed by atoms with Crippen molar-refractivity contribution in [2.75, 3.05) is 12.4 Å². The van der Waals surface area contributed by atoms with Crippen molar-refractivity contribution in [2.24, 2.45) is 0 Å². The zero-order valence-corrected chi connectivity index (χ0v) is 13.0. The van der Waals surface area contributed by atoms with Gasteiger partial charge in [-0.25, -0.2) is 0 Å². The molecule has 1 heterocycles. The second-order valence-electron chi connectivity index (χ2n) is 4.86. The number of benzene rings is 1. The summed E-state index contributed by atoms with van der Waals surface area (Å²) < 4.78 is 10.5. The fourth-order valence-electron chi connectivity index (χ4n) is 1.67. The second kappa shape index (κ2) is 6.13. The van der Waals surface area contributed by atoms with Gasteiger partial charge >= 0.3 is 11.8 Å². The number of nitrogens with one attached hydrogen (secondary N) is 1. The minimum atomic E-state index is -0.491. The zero-order valence-electron chi connectivity index (χ0n) is 12.2. The van der Waals surface area contributed by atoms with Crippen LogP contribution in [0.25, 0.3) is 0 Å². The molecule has 0 aliphatic rings. The molecule has 2 aromatic rings. The first kappa shape index (κ1) is 15.3. The lowest BCUT2D eigenvalue weighted by Gasteiger charge is -2.11. The van der Waals surface area contributed by atoms with Crippen LogP contribution in [0.5, 0.6) is 5.75 Å². The molecule has 21 heavy (non-hydrogen) atoms. The Balaban J connectivity index is 2.24. The summed E-state index contributed by atoms with van der Waals surface area (Å²) in [6.45, 7) is 5.64. The standard InChI is InChI=1S/C14H16ClN3O3/c1-7(2)13-17-18-14(21-13)12(19)16-10-5-8(3)9(15)6-11(10)20-4/h5-7H,1-4H3,(H,16,19). The molecular formula is C14H16ClN3O3. The van der Waals surface area contributed by atoms with E-state index in [-0.39, 0.29) is 11.8 Å². The summed E-state index contributed by atoms with van der Waals surface area (Å²) in [6, 6.07) is 3.36. The van der Waals surface area contributed by atoms with Crippen LogP contribution < -0.4 is 10.1 Å². The van der Waals surface area contributed by atoms with Crippen LogP contribution in [0.4, 0.5) is 5.69 Å². The number of amides is 1. The molecule has 0 bridgehead atoms. The summed E-state index contributed by atoms with van der Waals surface area (Å²) in [4.78, 5) is 12.1. The van der Waals surface area contributed by atoms with E-state index in [1.165, 1.54) is 7.11 Å². The molecule has 0 aliphatic carbocycles. The number of nitrogens with zero attached hydrogens (tertiary/aromatic N) is 2. The number of aryl methyl sites for hydroxylation is 1. The number of methoxy groups -OCH3 is 1. The molecule has 0 spiro atoms. The molecule has 2 rings (SSSR count). The number of halogens is 1. The average molecular weight is 310 g/mol. The highest BCUT2D eigenvalue weighted by molar-refractivity contribution is 6.31. The van der Waals surface area contributed by atoms with Crippen LogP contribution in [0.15, 0.2) is 16.5 Å². The monoisotopic (exact) mass is 309 g/mol. The van der Waals surface area contributed by atoms with Crippen LogP contribution in [-0.4, -0.2) is 23.2 Å². The average Bonchev–Trinajstić information content (AvgIpc) is 2.92. The number of carbonyl (C=O) groups is 1. The van der Waals surface area contributed by atoms with Gasteiger partial charge in [0.25, 0.3) is 0 Å². The van der Waals surface area contributed by atoms with Crippen molar-refractivity contribution in [2.45, 2.75) is 26.7 Å². The highest BCUT2D eigenvalue weighted by Gasteiger charge is 2.18. The summed E-state index contributed by atoms with van der Waals surface area (Å²) in [5.74, 6) is 0.357. The van der Waals surface area contributed by atoms with E-state index in [4.69, 9.17) is 20.8 Å². The maximum Gasteiger partial charge on any atom is 0.313 e. The van der Waals surface area contributed by atoms with Gasteiger partial charge in [0.2, 0.25) is 5.89 Å². The summed E-state index contributed by atoms with van der Waals surface area (Å²) >= 11 is 6.02. The molecule has 0 saturated carbocycles. The first-order chi connectivity index (χ1) is 9.92. The minimum absolute atomic E-state index is 0.0614. The van der Waals surface area contributed by atoms with Gasteiger partial charge in [0.05, 0.1) is 12.8 Å². The number of rotatable bonds is 4. The molecule has 7 heteroatoms. The Morgan fingerprint density at radius 2 is 2.10 bits per heavy atom. The Bertz CT molecular complexity index is 667. The molecule has 0 unspecified atom stereocenters. The number of aromatic nitrogens is 2. The third-order valence-corrected chi connectivity index (χ3v) is 3.26. The van der Waals surface area contributed by atoms with E-state index in [1.54, 1.807) is 12.1 Å². The lowest BCUT2D eigenvalue weighted by molar-refractivity contribution is 0.0987. The molecule has 6 nitrogen and oxygen atoms in total. The molecule has 1 N–H and O–H groups in total. The lowest BCUT2D eigenvalue weighted by Crippen LogP contribution is -2.13. The molecule has 0 fully saturated rings. The molecule has 0 saturated heterocycles. The fourth-order valence-corrected chi connectivity index (χ4v) is 1.82. The Labute approximate surface area is 127 Å². The summed E-state index contributed by atoms with van der Waals surface area (Å²) in [5.41, 5.74) is 1.31. The van der Waals surface area contributed by atoms with Crippen molar-refractivity contribution < 1.29 is 13.9 Å². The van der Waals surface area contributed by atoms with Gasteiger partial charge in [-0.15, -0.1) is 10.2 Å². The maximum atomic E-state index is 12.1. The van der Waals surface area contributed by atoms with Gasteiger partial charge in [-0.2, -0.15) is 0 Å². The van der Waals surface area contributed by atoms with E-state index in [2.05, 4.69) is 15.5 Å². The first-order valence-corrected chi connectivity index (χ1v) is 6.79. The van der Waals surface area contributed by atoms with Crippen molar-refractivity contribution in [3.05, 3.63) is 34.5 Å². The van der Waals surface area contributed by atoms with Crippen LogP contribution in [-0.2, 0) is 0 Å². The Morgan fingerprint density at radius 1 is 1.38 bits per heavy atom. The topological polar surface area (TPSA) is 77.2 Å². The van der Waals surface area contributed by atoms with Gasteiger partial charge in [0, 0.05) is 17.0 Å². The number of hydrogen-bond donors (Lipinski definition) is 1. The van der Waals surface area contributed by atoms with Gasteiger partial charge in [-0.1, -0.05) is 25.4 Å². The van der Waals surface area contributed by atoms with Crippen LogP contribution in [0.3, 0.4) is 0 Å². The van der Waals surface area contributed by atoms with Gasteiger partial charge < -0.3 is 14.5 Å². The zero-order chi connectivity index (χ0) is 15.6. The fraction of sp³-hybridized carbons (Fsp3) is 0.357. The van der Waals surface area contributed by atoms with E-state index < -0.39 is 5.91 Å². The molecule has 1 aromatic carbocycles. The highest BCUT2D eigenvalue weighted by Crippen LogP contribution is 2.31. The molecule has 1 aromatic heterocycles. The molecule has 0 radical (unpaired) electrons. The summed E-state index contributed by atoms with van der Waals surface area (Å²) in [6.07, 6.45) is 0. The van der Waals surface area contributed by atoms with Crippen molar-refractivity contribution in [3.8, 4) is 5.75 Å². The van der Waals surface area contributed by atoms with Crippen molar-refractivity contribution >= 4 is 23.2 Å². The molecule has 0 aliphatic heterocycles. The summed E-state index contributed by atoms with van der Waals surface area (Å²) in [5, 5.41) is 10.8.